The van der Waals surface area contributed by atoms with E-state index in [4.69, 9.17) is 0 Å². The third-order valence-electron chi connectivity index (χ3n) is 1.49. The minimum Gasteiger partial charge on any atom is -0.295 e. The Hall–Kier alpha value is -1.59. The van der Waals surface area contributed by atoms with Gasteiger partial charge >= 0.3 is 11.9 Å². The minimum absolute atomic E-state index is 0.143. The smallest absolute Gasteiger partial charge is 0.295 e. The first-order valence-electron chi connectivity index (χ1n) is 3.70. The number of hydrogen-bond donors (Lipinski definition) is 0. The molecule has 0 radical (unpaired) electrons. The second-order valence-corrected chi connectivity index (χ2v) is 2.53. The van der Waals surface area contributed by atoms with Crippen LogP contribution in [0, 0.1) is 0 Å². The molecule has 1 rings (SSSR count). The molecule has 0 aromatic carbocycles. The van der Waals surface area contributed by atoms with Crippen molar-refractivity contribution in [1.29, 1.82) is 0 Å². The lowest BCUT2D eigenvalue weighted by atomic mass is 10.4. The molecule has 0 bridgehead atoms. The zero-order valence-corrected chi connectivity index (χ0v) is 7.08. The summed E-state index contributed by atoms with van der Waals surface area (Å²) >= 11 is 0. The molecule has 0 saturated carbocycles. The predicted molar refractivity (Wildman–Crippen MR) is 43.7 cm³/mol. The van der Waals surface area contributed by atoms with Crippen LogP contribution in [0.3, 0.4) is 0 Å². The molecule has 1 aromatic rings. The molecule has 3 nitrogen and oxygen atoms in total. The van der Waals surface area contributed by atoms with Gasteiger partial charge in [-0.2, -0.15) is 18.2 Å². The van der Waals surface area contributed by atoms with Gasteiger partial charge in [-0.3, -0.25) is 4.57 Å². The first kappa shape index (κ1) is 10.5. The van der Waals surface area contributed by atoms with Crippen LogP contribution in [0.2, 0.25) is 0 Å². The lowest BCUT2D eigenvalue weighted by Gasteiger charge is -2.06. The summed E-state index contributed by atoms with van der Waals surface area (Å²) in [5.41, 5.74) is -2.11. The number of hydrogen-bond acceptors (Lipinski definition) is 2. The lowest BCUT2D eigenvalue weighted by Crippen LogP contribution is -2.25. The molecule has 0 amide bonds. The fourth-order valence-electron chi connectivity index (χ4n) is 0.865. The van der Waals surface area contributed by atoms with Crippen molar-refractivity contribution in [2.45, 2.75) is 12.7 Å². The van der Waals surface area contributed by atoms with Crippen LogP contribution in [0.5, 0.6) is 0 Å². The van der Waals surface area contributed by atoms with Crippen LogP contribution >= 0.6 is 0 Å². The van der Waals surface area contributed by atoms with Crippen molar-refractivity contribution in [3.63, 3.8) is 0 Å². The Morgan fingerprint density at radius 2 is 2.21 bits per heavy atom. The van der Waals surface area contributed by atoms with Gasteiger partial charge in [-0.1, -0.05) is 6.08 Å². The maximum atomic E-state index is 12.1. The summed E-state index contributed by atoms with van der Waals surface area (Å²) in [5, 5.41) is 0. The summed E-state index contributed by atoms with van der Waals surface area (Å²) in [5.74, 6) is 0. The second kappa shape index (κ2) is 3.65. The van der Waals surface area contributed by atoms with Crippen molar-refractivity contribution in [2.24, 2.45) is 0 Å². The molecule has 0 spiro atoms. The Labute approximate surface area is 77.5 Å². The fourth-order valence-corrected chi connectivity index (χ4v) is 0.865. The topological polar surface area (TPSA) is 34.9 Å². The van der Waals surface area contributed by atoms with Gasteiger partial charge in [0.25, 0.3) is 0 Å². The van der Waals surface area contributed by atoms with E-state index in [1.54, 1.807) is 0 Å². The SMILES string of the molecule is C=CCn1ccc(C(F)(F)F)nc1=O. The van der Waals surface area contributed by atoms with Crippen molar-refractivity contribution < 1.29 is 13.2 Å². The van der Waals surface area contributed by atoms with E-state index < -0.39 is 17.6 Å². The molecular formula is C8H7F3N2O. The molecule has 0 aliphatic rings. The van der Waals surface area contributed by atoms with Crippen LogP contribution in [0.1, 0.15) is 5.69 Å². The molecule has 0 unspecified atom stereocenters. The Morgan fingerprint density at radius 1 is 1.57 bits per heavy atom. The van der Waals surface area contributed by atoms with E-state index in [2.05, 4.69) is 11.6 Å². The van der Waals surface area contributed by atoms with E-state index in [0.717, 1.165) is 16.8 Å². The maximum absolute atomic E-state index is 12.1. The summed E-state index contributed by atoms with van der Waals surface area (Å²) in [6.45, 7) is 3.50. The average molecular weight is 204 g/mol. The van der Waals surface area contributed by atoms with Gasteiger partial charge in [-0.15, -0.1) is 6.58 Å². The third-order valence-corrected chi connectivity index (χ3v) is 1.49. The quantitative estimate of drug-likeness (QED) is 0.683. The Morgan fingerprint density at radius 3 is 2.64 bits per heavy atom. The highest BCUT2D eigenvalue weighted by Gasteiger charge is 2.32. The number of halogens is 3. The largest absolute Gasteiger partial charge is 0.433 e. The second-order valence-electron chi connectivity index (χ2n) is 2.53. The van der Waals surface area contributed by atoms with Gasteiger partial charge in [-0.25, -0.2) is 4.79 Å². The van der Waals surface area contributed by atoms with Crippen LogP contribution in [0.25, 0.3) is 0 Å². The lowest BCUT2D eigenvalue weighted by molar-refractivity contribution is -0.141. The molecule has 0 N–H and O–H groups in total. The highest BCUT2D eigenvalue weighted by atomic mass is 19.4. The molecule has 0 aliphatic heterocycles. The molecule has 0 atom stereocenters. The summed E-state index contributed by atoms with van der Waals surface area (Å²) in [7, 11) is 0. The fraction of sp³-hybridized carbons (Fsp3) is 0.250. The van der Waals surface area contributed by atoms with Crippen molar-refractivity contribution >= 4 is 0 Å². The zero-order valence-electron chi connectivity index (χ0n) is 7.08. The number of allylic oxidation sites excluding steroid dienone is 1. The monoisotopic (exact) mass is 204 g/mol. The van der Waals surface area contributed by atoms with E-state index in [0.29, 0.717) is 0 Å². The van der Waals surface area contributed by atoms with Crippen molar-refractivity contribution in [2.75, 3.05) is 0 Å². The number of alkyl halides is 3. The summed E-state index contributed by atoms with van der Waals surface area (Å²) in [6, 6.07) is 0.755. The standard InChI is InChI=1S/C8H7F3N2O/c1-2-4-13-5-3-6(8(9,10)11)12-7(13)14/h2-3,5H,1,4H2. The molecule has 1 aromatic heterocycles. The van der Waals surface area contributed by atoms with Gasteiger partial charge < -0.3 is 0 Å². The molecule has 6 heteroatoms. The average Bonchev–Trinajstić information content (AvgIpc) is 2.07. The van der Waals surface area contributed by atoms with E-state index in [-0.39, 0.29) is 6.54 Å². The Bertz CT molecular complexity index is 394. The van der Waals surface area contributed by atoms with Crippen LogP contribution in [-0.4, -0.2) is 9.55 Å². The van der Waals surface area contributed by atoms with E-state index in [1.807, 2.05) is 0 Å². The molecule has 1 heterocycles. The highest BCUT2D eigenvalue weighted by Crippen LogP contribution is 2.25. The molecular weight excluding hydrogens is 197 g/mol. The summed E-state index contributed by atoms with van der Waals surface area (Å²) in [6.07, 6.45) is -2.14. The molecule has 0 fully saturated rings. The Balaban J connectivity index is 3.13. The number of aromatic nitrogens is 2. The normalized spacial score (nSPS) is 11.4. The molecule has 0 saturated heterocycles. The predicted octanol–water partition coefficient (Wildman–Crippen LogP) is 1.45. The van der Waals surface area contributed by atoms with Crippen molar-refractivity contribution in [1.82, 2.24) is 9.55 Å². The Kier molecular flexibility index (Phi) is 2.73. The molecule has 0 aliphatic carbocycles. The minimum atomic E-state index is -4.58. The zero-order chi connectivity index (χ0) is 10.8. The first-order chi connectivity index (χ1) is 6.45. The van der Waals surface area contributed by atoms with E-state index in [1.165, 1.54) is 6.08 Å². The van der Waals surface area contributed by atoms with Crippen molar-refractivity contribution in [3.05, 3.63) is 41.1 Å². The van der Waals surface area contributed by atoms with Crippen LogP contribution in [0.15, 0.2) is 29.7 Å². The van der Waals surface area contributed by atoms with E-state index >= 15 is 0 Å². The van der Waals surface area contributed by atoms with Crippen LogP contribution < -0.4 is 5.69 Å². The van der Waals surface area contributed by atoms with Gasteiger partial charge in [-0.05, 0) is 6.07 Å². The van der Waals surface area contributed by atoms with Crippen LogP contribution in [0.4, 0.5) is 13.2 Å². The first-order valence-corrected chi connectivity index (χ1v) is 3.70. The molecule has 14 heavy (non-hydrogen) atoms. The van der Waals surface area contributed by atoms with Gasteiger partial charge in [0.1, 0.15) is 0 Å². The number of rotatable bonds is 2. The summed E-state index contributed by atoms with van der Waals surface area (Å²) in [4.78, 5) is 13.9. The van der Waals surface area contributed by atoms with Crippen LogP contribution in [-0.2, 0) is 12.7 Å². The van der Waals surface area contributed by atoms with Gasteiger partial charge in [0, 0.05) is 12.7 Å². The van der Waals surface area contributed by atoms with Gasteiger partial charge in [0.15, 0.2) is 5.69 Å². The summed E-state index contributed by atoms with van der Waals surface area (Å²) < 4.78 is 37.2. The van der Waals surface area contributed by atoms with E-state index in [9.17, 15) is 18.0 Å². The highest BCUT2D eigenvalue weighted by molar-refractivity contribution is 5.03. The molecule has 76 valence electrons. The van der Waals surface area contributed by atoms with Gasteiger partial charge in [0.2, 0.25) is 0 Å². The number of nitrogens with zero attached hydrogens (tertiary/aromatic N) is 2. The maximum Gasteiger partial charge on any atom is 0.433 e. The third kappa shape index (κ3) is 2.21. The van der Waals surface area contributed by atoms with Crippen molar-refractivity contribution in [3.8, 4) is 0 Å². The van der Waals surface area contributed by atoms with Gasteiger partial charge in [0.05, 0.1) is 0 Å².